The molecule has 0 radical (unpaired) electrons. The van der Waals surface area contributed by atoms with Gasteiger partial charge in [-0.25, -0.2) is 4.79 Å². The van der Waals surface area contributed by atoms with E-state index in [9.17, 15) is 10.0 Å². The average molecular weight is 338 g/mol. The Bertz CT molecular complexity index is 658. The lowest BCUT2D eigenvalue weighted by atomic mass is 10.1. The molecule has 0 fully saturated rings. The highest BCUT2D eigenvalue weighted by Crippen LogP contribution is 2.28. The maximum atomic E-state index is 12.2. The van der Waals surface area contributed by atoms with Crippen molar-refractivity contribution in [2.75, 3.05) is 14.2 Å². The predicted octanol–water partition coefficient (Wildman–Crippen LogP) is 2.54. The second-order valence-electron chi connectivity index (χ2n) is 3.94. The zero-order chi connectivity index (χ0) is 14.7. The van der Waals surface area contributed by atoms with Gasteiger partial charge in [0.2, 0.25) is 5.69 Å². The number of esters is 1. The highest BCUT2D eigenvalue weighted by Gasteiger charge is 2.20. The quantitative estimate of drug-likeness (QED) is 0.373. The van der Waals surface area contributed by atoms with Crippen molar-refractivity contribution in [3.8, 4) is 17.0 Å². The summed E-state index contributed by atoms with van der Waals surface area (Å²) >= 11 is 3.14. The Morgan fingerprint density at radius 1 is 1.25 bits per heavy atom. The molecule has 20 heavy (non-hydrogen) atoms. The van der Waals surface area contributed by atoms with Crippen molar-refractivity contribution in [2.24, 2.45) is 0 Å². The zero-order valence-electron chi connectivity index (χ0n) is 10.9. The predicted molar refractivity (Wildman–Crippen MR) is 76.4 cm³/mol. The van der Waals surface area contributed by atoms with Gasteiger partial charge in [-0.3, -0.25) is 0 Å². The van der Waals surface area contributed by atoms with Gasteiger partial charge in [-0.15, -0.1) is 0 Å². The van der Waals surface area contributed by atoms with Gasteiger partial charge >= 0.3 is 5.97 Å². The average Bonchev–Trinajstić information content (AvgIpc) is 2.49. The summed E-state index contributed by atoms with van der Waals surface area (Å²) in [6, 6.07) is 9.97. The molecular weight excluding hydrogens is 326 g/mol. The van der Waals surface area contributed by atoms with Crippen LogP contribution in [0.1, 0.15) is 10.4 Å². The van der Waals surface area contributed by atoms with Crippen molar-refractivity contribution in [1.82, 2.24) is 0 Å². The summed E-state index contributed by atoms with van der Waals surface area (Å²) in [5.74, 6) is 0.0356. The number of halogens is 1. The Morgan fingerprint density at radius 3 is 2.60 bits per heavy atom. The summed E-state index contributed by atoms with van der Waals surface area (Å²) in [4.78, 5) is 11.6. The number of pyridine rings is 1. The molecule has 0 aliphatic rings. The second-order valence-corrected chi connectivity index (χ2v) is 4.75. The first-order valence-electron chi connectivity index (χ1n) is 5.73. The van der Waals surface area contributed by atoms with Crippen molar-refractivity contribution < 1.29 is 19.0 Å². The van der Waals surface area contributed by atoms with Gasteiger partial charge in [0, 0.05) is 28.1 Å². The molecule has 0 saturated heterocycles. The minimum atomic E-state index is -0.512. The number of para-hydroxylation sites is 1. The number of hydrogen-bond acceptors (Lipinski definition) is 4. The fourth-order valence-electron chi connectivity index (χ4n) is 1.83. The standard InChI is InChI=1S/C14H12BrNO4/c1-19-12-6-4-3-5-10(12)11-7-9(14(17)20-2)8-13(15)16(11)18/h3-8H,1-2H3. The van der Waals surface area contributed by atoms with E-state index in [0.29, 0.717) is 21.7 Å². The lowest BCUT2D eigenvalue weighted by molar-refractivity contribution is -0.605. The van der Waals surface area contributed by atoms with Crippen LogP contribution in [0.15, 0.2) is 41.0 Å². The van der Waals surface area contributed by atoms with Crippen LogP contribution in [0.3, 0.4) is 0 Å². The van der Waals surface area contributed by atoms with Gasteiger partial charge in [0.05, 0.1) is 25.3 Å². The second kappa shape index (κ2) is 5.92. The minimum Gasteiger partial charge on any atom is -0.617 e. The summed E-state index contributed by atoms with van der Waals surface area (Å²) in [6.45, 7) is 0. The number of aromatic nitrogens is 1. The van der Waals surface area contributed by atoms with E-state index in [0.717, 1.165) is 0 Å². The number of methoxy groups -OCH3 is 2. The van der Waals surface area contributed by atoms with Gasteiger partial charge in [-0.05, 0) is 12.1 Å². The van der Waals surface area contributed by atoms with E-state index in [-0.39, 0.29) is 10.2 Å². The van der Waals surface area contributed by atoms with E-state index in [2.05, 4.69) is 20.7 Å². The van der Waals surface area contributed by atoms with Crippen molar-refractivity contribution >= 4 is 21.9 Å². The first kappa shape index (κ1) is 14.3. The normalized spacial score (nSPS) is 10.2. The van der Waals surface area contributed by atoms with Gasteiger partial charge in [0.1, 0.15) is 5.75 Å². The molecule has 0 aliphatic heterocycles. The summed E-state index contributed by atoms with van der Waals surface area (Å²) < 4.78 is 10.8. The van der Waals surface area contributed by atoms with Crippen LogP contribution in [0.25, 0.3) is 11.3 Å². The molecule has 6 heteroatoms. The molecule has 0 amide bonds. The number of hydrogen-bond donors (Lipinski definition) is 0. The molecule has 2 aromatic rings. The SMILES string of the molecule is COC(=O)c1cc(Br)[n+]([O-])c(-c2ccccc2OC)c1. The van der Waals surface area contributed by atoms with E-state index in [1.165, 1.54) is 26.4 Å². The number of ether oxygens (including phenoxy) is 2. The molecule has 0 N–H and O–H groups in total. The Hall–Kier alpha value is -2.08. The highest BCUT2D eigenvalue weighted by molar-refractivity contribution is 9.10. The van der Waals surface area contributed by atoms with Crippen molar-refractivity contribution in [3.05, 3.63) is 51.8 Å². The Labute approximate surface area is 124 Å². The fraction of sp³-hybridized carbons (Fsp3) is 0.143. The molecule has 5 nitrogen and oxygen atoms in total. The lowest BCUT2D eigenvalue weighted by Crippen LogP contribution is -2.31. The van der Waals surface area contributed by atoms with Gasteiger partial charge in [0.15, 0.2) is 0 Å². The van der Waals surface area contributed by atoms with E-state index < -0.39 is 5.97 Å². The van der Waals surface area contributed by atoms with Crippen LogP contribution in [0.5, 0.6) is 5.75 Å². The number of carbonyl (C=O) groups excluding carboxylic acids is 1. The Kier molecular flexibility index (Phi) is 4.24. The van der Waals surface area contributed by atoms with Crippen LogP contribution in [-0.2, 0) is 4.74 Å². The lowest BCUT2D eigenvalue weighted by Gasteiger charge is -2.11. The maximum absolute atomic E-state index is 12.2. The van der Waals surface area contributed by atoms with Crippen LogP contribution in [0.4, 0.5) is 0 Å². The van der Waals surface area contributed by atoms with Crippen LogP contribution in [0, 0.1) is 5.21 Å². The van der Waals surface area contributed by atoms with E-state index in [1.54, 1.807) is 24.3 Å². The fourth-order valence-corrected chi connectivity index (χ4v) is 2.27. The van der Waals surface area contributed by atoms with Crippen molar-refractivity contribution in [3.63, 3.8) is 0 Å². The van der Waals surface area contributed by atoms with Gasteiger partial charge in [-0.1, -0.05) is 12.1 Å². The van der Waals surface area contributed by atoms with Gasteiger partial charge in [0.25, 0.3) is 4.60 Å². The van der Waals surface area contributed by atoms with E-state index in [1.807, 2.05) is 0 Å². The monoisotopic (exact) mass is 337 g/mol. The third kappa shape index (κ3) is 2.60. The molecular formula is C14H12BrNO4. The highest BCUT2D eigenvalue weighted by atomic mass is 79.9. The number of carbonyl (C=O) groups is 1. The Morgan fingerprint density at radius 2 is 1.95 bits per heavy atom. The molecule has 2 rings (SSSR count). The van der Waals surface area contributed by atoms with Crippen molar-refractivity contribution in [2.45, 2.75) is 0 Å². The van der Waals surface area contributed by atoms with Crippen LogP contribution >= 0.6 is 15.9 Å². The molecule has 1 aromatic carbocycles. The maximum Gasteiger partial charge on any atom is 0.338 e. The molecule has 104 valence electrons. The molecule has 1 heterocycles. The zero-order valence-corrected chi connectivity index (χ0v) is 12.5. The topological polar surface area (TPSA) is 62.5 Å². The third-order valence-corrected chi connectivity index (χ3v) is 3.33. The van der Waals surface area contributed by atoms with Crippen LogP contribution < -0.4 is 9.47 Å². The molecule has 0 spiro atoms. The van der Waals surface area contributed by atoms with Crippen molar-refractivity contribution in [1.29, 1.82) is 0 Å². The summed E-state index contributed by atoms with van der Waals surface area (Å²) in [6.07, 6.45) is 0. The molecule has 0 atom stereocenters. The number of benzene rings is 1. The molecule has 0 bridgehead atoms. The summed E-state index contributed by atoms with van der Waals surface area (Å²) in [5.41, 5.74) is 1.18. The number of nitrogens with zero attached hydrogens (tertiary/aromatic N) is 1. The van der Waals surface area contributed by atoms with Crippen LogP contribution in [0.2, 0.25) is 0 Å². The molecule has 0 aliphatic carbocycles. The van der Waals surface area contributed by atoms with Gasteiger partial charge < -0.3 is 14.7 Å². The third-order valence-electron chi connectivity index (χ3n) is 2.78. The first-order valence-corrected chi connectivity index (χ1v) is 6.52. The molecule has 0 saturated carbocycles. The van der Waals surface area contributed by atoms with E-state index in [4.69, 9.17) is 4.74 Å². The van der Waals surface area contributed by atoms with E-state index >= 15 is 0 Å². The van der Waals surface area contributed by atoms with Crippen LogP contribution in [-0.4, -0.2) is 20.2 Å². The largest absolute Gasteiger partial charge is 0.617 e. The molecule has 1 aromatic heterocycles. The minimum absolute atomic E-state index is 0.223. The first-order chi connectivity index (χ1) is 9.58. The smallest absolute Gasteiger partial charge is 0.338 e. The summed E-state index contributed by atoms with van der Waals surface area (Å²) in [5, 5.41) is 12.2. The van der Waals surface area contributed by atoms with Gasteiger partial charge in [-0.2, -0.15) is 4.73 Å². The molecule has 0 unspecified atom stereocenters. The Balaban J connectivity index is 2.67. The number of rotatable bonds is 3. The summed E-state index contributed by atoms with van der Waals surface area (Å²) in [7, 11) is 2.81.